The van der Waals surface area contributed by atoms with Crippen LogP contribution >= 0.6 is 11.3 Å². The highest BCUT2D eigenvalue weighted by atomic mass is 32.1. The topological polar surface area (TPSA) is 52.6 Å². The van der Waals surface area contributed by atoms with Crippen molar-refractivity contribution in [3.8, 4) is 0 Å². The second-order valence-electron chi connectivity index (χ2n) is 6.15. The van der Waals surface area contributed by atoms with Crippen molar-refractivity contribution in [2.24, 2.45) is 4.99 Å². The van der Waals surface area contributed by atoms with Crippen LogP contribution in [0, 0.1) is 0 Å². The van der Waals surface area contributed by atoms with Gasteiger partial charge in [0.2, 0.25) is 0 Å². The first-order valence-corrected chi connectivity index (χ1v) is 8.84. The van der Waals surface area contributed by atoms with E-state index in [4.69, 9.17) is 4.99 Å². The molecule has 126 valence electrons. The largest absolute Gasteiger partial charge is 0.357 e. The molecule has 0 fully saturated rings. The fraction of sp³-hybridized carbons (Fsp3) is 0.750. The van der Waals surface area contributed by atoms with Crippen LogP contribution in [0.3, 0.4) is 0 Å². The summed E-state index contributed by atoms with van der Waals surface area (Å²) in [5.41, 5.74) is 0.0493. The van der Waals surface area contributed by atoms with Crippen LogP contribution in [-0.4, -0.2) is 55.1 Å². The molecule has 0 aliphatic rings. The average molecular weight is 326 g/mol. The predicted octanol–water partition coefficient (Wildman–Crippen LogP) is 2.14. The van der Waals surface area contributed by atoms with Gasteiger partial charge in [-0.2, -0.15) is 0 Å². The minimum absolute atomic E-state index is 0.0493. The van der Waals surface area contributed by atoms with Crippen LogP contribution in [0.1, 0.15) is 37.6 Å². The lowest BCUT2D eigenvalue weighted by atomic mass is 10.1. The molecule has 22 heavy (non-hydrogen) atoms. The monoisotopic (exact) mass is 325 g/mol. The van der Waals surface area contributed by atoms with Crippen LogP contribution in [0.2, 0.25) is 0 Å². The van der Waals surface area contributed by atoms with Crippen LogP contribution < -0.4 is 10.6 Å². The lowest BCUT2D eigenvalue weighted by Crippen LogP contribution is -2.44. The number of aryl methyl sites for hydroxylation is 1. The van der Waals surface area contributed by atoms with Gasteiger partial charge >= 0.3 is 0 Å². The quantitative estimate of drug-likeness (QED) is 0.568. The van der Waals surface area contributed by atoms with E-state index in [2.05, 4.69) is 62.3 Å². The summed E-state index contributed by atoms with van der Waals surface area (Å²) in [6.07, 6.45) is 3.99. The Morgan fingerprint density at radius 3 is 2.59 bits per heavy atom. The third kappa shape index (κ3) is 6.32. The third-order valence-electron chi connectivity index (χ3n) is 3.76. The van der Waals surface area contributed by atoms with E-state index in [9.17, 15) is 0 Å². The molecule has 6 heteroatoms. The van der Waals surface area contributed by atoms with E-state index in [-0.39, 0.29) is 5.54 Å². The molecule has 0 spiro atoms. The first-order valence-electron chi connectivity index (χ1n) is 8.02. The highest BCUT2D eigenvalue weighted by Crippen LogP contribution is 2.13. The molecule has 0 saturated heterocycles. The Kier molecular flexibility index (Phi) is 7.82. The maximum absolute atomic E-state index is 4.69. The lowest BCUT2D eigenvalue weighted by Gasteiger charge is -2.31. The van der Waals surface area contributed by atoms with Crippen LogP contribution in [0.4, 0.5) is 0 Å². The molecular weight excluding hydrogens is 294 g/mol. The Labute approximate surface area is 139 Å². The average Bonchev–Trinajstić information content (AvgIpc) is 2.92. The fourth-order valence-corrected chi connectivity index (χ4v) is 2.53. The van der Waals surface area contributed by atoms with Crippen LogP contribution in [-0.2, 0) is 12.8 Å². The number of likely N-dealkylation sites (N-methyl/N-ethyl adjacent to an activating group) is 1. The highest BCUT2D eigenvalue weighted by Gasteiger charge is 2.19. The number of thiazole rings is 1. The van der Waals surface area contributed by atoms with E-state index in [0.29, 0.717) is 0 Å². The summed E-state index contributed by atoms with van der Waals surface area (Å²) in [5, 5.41) is 7.88. The summed E-state index contributed by atoms with van der Waals surface area (Å²) < 4.78 is 0. The van der Waals surface area contributed by atoms with Crippen LogP contribution in [0.25, 0.3) is 0 Å². The van der Waals surface area contributed by atoms with E-state index in [1.165, 1.54) is 9.88 Å². The van der Waals surface area contributed by atoms with Crippen molar-refractivity contribution in [1.82, 2.24) is 20.5 Å². The summed E-state index contributed by atoms with van der Waals surface area (Å²) in [6.45, 7) is 11.1. The number of aliphatic imine (C=N–C) groups is 1. The second kappa shape index (κ2) is 9.10. The number of nitrogens with zero attached hydrogens (tertiary/aromatic N) is 3. The summed E-state index contributed by atoms with van der Waals surface area (Å²) in [4.78, 5) is 12.7. The highest BCUT2D eigenvalue weighted by molar-refractivity contribution is 7.11. The van der Waals surface area contributed by atoms with Crippen LogP contribution in [0.15, 0.2) is 11.2 Å². The van der Waals surface area contributed by atoms with Crippen molar-refractivity contribution in [2.75, 3.05) is 33.7 Å². The zero-order chi connectivity index (χ0) is 16.6. The van der Waals surface area contributed by atoms with E-state index >= 15 is 0 Å². The third-order valence-corrected chi connectivity index (χ3v) is 4.96. The maximum Gasteiger partial charge on any atom is 0.191 e. The molecule has 1 aromatic rings. The van der Waals surface area contributed by atoms with Gasteiger partial charge in [0, 0.05) is 36.1 Å². The summed E-state index contributed by atoms with van der Waals surface area (Å²) in [5.74, 6) is 0.879. The Morgan fingerprint density at radius 1 is 1.32 bits per heavy atom. The van der Waals surface area contributed by atoms with Gasteiger partial charge in [-0.05, 0) is 41.3 Å². The Balaban J connectivity index is 2.49. The minimum atomic E-state index is 0.0493. The Morgan fingerprint density at radius 2 is 2.05 bits per heavy atom. The van der Waals surface area contributed by atoms with Gasteiger partial charge < -0.3 is 15.5 Å². The molecule has 0 amide bonds. The van der Waals surface area contributed by atoms with Crippen molar-refractivity contribution in [3.05, 3.63) is 16.1 Å². The molecule has 0 aliphatic carbocycles. The van der Waals surface area contributed by atoms with E-state index in [0.717, 1.165) is 38.4 Å². The molecule has 0 radical (unpaired) electrons. The molecule has 1 aromatic heterocycles. The van der Waals surface area contributed by atoms with Gasteiger partial charge in [-0.15, -0.1) is 11.3 Å². The molecule has 0 unspecified atom stereocenters. The van der Waals surface area contributed by atoms with E-state index in [1.54, 1.807) is 11.3 Å². The molecule has 0 saturated carbocycles. The van der Waals surface area contributed by atoms with Crippen molar-refractivity contribution < 1.29 is 0 Å². The Bertz CT molecular complexity index is 465. The summed E-state index contributed by atoms with van der Waals surface area (Å²) >= 11 is 1.80. The van der Waals surface area contributed by atoms with Gasteiger partial charge in [-0.3, -0.25) is 4.99 Å². The second-order valence-corrected chi connectivity index (χ2v) is 7.35. The van der Waals surface area contributed by atoms with Crippen molar-refractivity contribution >= 4 is 17.3 Å². The first kappa shape index (κ1) is 18.9. The molecule has 0 atom stereocenters. The molecule has 1 heterocycles. The van der Waals surface area contributed by atoms with Gasteiger partial charge in [0.25, 0.3) is 0 Å². The van der Waals surface area contributed by atoms with Gasteiger partial charge in [0.15, 0.2) is 5.96 Å². The number of nitrogens with one attached hydrogen (secondary N) is 2. The number of rotatable bonds is 8. The number of hydrogen-bond donors (Lipinski definition) is 2. The van der Waals surface area contributed by atoms with Gasteiger partial charge in [0.05, 0.1) is 11.6 Å². The lowest BCUT2D eigenvalue weighted by molar-refractivity contribution is 0.204. The molecule has 0 aromatic carbocycles. The maximum atomic E-state index is 4.69. The smallest absolute Gasteiger partial charge is 0.191 e. The standard InChI is InChI=1S/C16H31N5S/c1-7-13-11-19-14(22-13)9-10-18-15(17-8-2)20-12-16(3,4)21(5)6/h11H,7-10,12H2,1-6H3,(H2,17,18,20). The molecule has 2 N–H and O–H groups in total. The number of aromatic nitrogens is 1. The van der Waals surface area contributed by atoms with Gasteiger partial charge in [-0.25, -0.2) is 4.98 Å². The van der Waals surface area contributed by atoms with Crippen LogP contribution in [0.5, 0.6) is 0 Å². The number of hydrogen-bond acceptors (Lipinski definition) is 4. The molecule has 5 nitrogen and oxygen atoms in total. The van der Waals surface area contributed by atoms with Crippen molar-refractivity contribution in [3.63, 3.8) is 0 Å². The SMILES string of the molecule is CCNC(=NCC(C)(C)N(C)C)NCCc1ncc(CC)s1. The molecule has 0 bridgehead atoms. The number of guanidine groups is 1. The fourth-order valence-electron chi connectivity index (χ4n) is 1.67. The first-order chi connectivity index (χ1) is 10.4. The minimum Gasteiger partial charge on any atom is -0.357 e. The van der Waals surface area contributed by atoms with Crippen molar-refractivity contribution in [1.29, 1.82) is 0 Å². The zero-order valence-corrected chi connectivity index (χ0v) is 15.7. The molecular formula is C16H31N5S. The molecule has 0 aliphatic heterocycles. The predicted molar refractivity (Wildman–Crippen MR) is 96.9 cm³/mol. The molecule has 1 rings (SSSR count). The van der Waals surface area contributed by atoms with Gasteiger partial charge in [-0.1, -0.05) is 6.92 Å². The summed E-state index contributed by atoms with van der Waals surface area (Å²) in [7, 11) is 4.17. The van der Waals surface area contributed by atoms with E-state index in [1.807, 2.05) is 6.20 Å². The Hall–Kier alpha value is -1.14. The van der Waals surface area contributed by atoms with Gasteiger partial charge in [0.1, 0.15) is 0 Å². The normalized spacial score (nSPS) is 12.8. The van der Waals surface area contributed by atoms with Crippen molar-refractivity contribution in [2.45, 2.75) is 46.1 Å². The van der Waals surface area contributed by atoms with E-state index < -0.39 is 0 Å². The zero-order valence-electron chi connectivity index (χ0n) is 14.9. The summed E-state index contributed by atoms with van der Waals surface area (Å²) in [6, 6.07) is 0.